The fraction of sp³-hybridized carbons (Fsp3) is 0.455. The van der Waals surface area contributed by atoms with Gasteiger partial charge in [0, 0.05) is 18.1 Å². The molecule has 8 nitrogen and oxygen atoms in total. The van der Waals surface area contributed by atoms with Crippen LogP contribution in [0.2, 0.25) is 5.02 Å². The molecule has 2 heterocycles. The van der Waals surface area contributed by atoms with Gasteiger partial charge in [-0.25, -0.2) is 0 Å². The number of likely N-dealkylation sites (tertiary alicyclic amines) is 1. The van der Waals surface area contributed by atoms with Gasteiger partial charge < -0.3 is 10.1 Å². The Morgan fingerprint density at radius 2 is 1.97 bits per heavy atom. The first-order valence-corrected chi connectivity index (χ1v) is 11.7. The molecule has 0 saturated carbocycles. The normalized spacial score (nSPS) is 18.9. The van der Waals surface area contributed by atoms with Crippen molar-refractivity contribution in [3.05, 3.63) is 39.8 Å². The van der Waals surface area contributed by atoms with Crippen molar-refractivity contribution in [1.82, 2.24) is 15.1 Å². The molecule has 0 aliphatic carbocycles. The largest absolute Gasteiger partial charge is 0.466 e. The number of nitrogens with one attached hydrogen (secondary N) is 1. The van der Waals surface area contributed by atoms with Gasteiger partial charge in [0.05, 0.1) is 24.0 Å². The zero-order valence-corrected chi connectivity index (χ0v) is 19.4. The van der Waals surface area contributed by atoms with Crippen molar-refractivity contribution in [2.45, 2.75) is 19.8 Å². The van der Waals surface area contributed by atoms with E-state index >= 15 is 0 Å². The van der Waals surface area contributed by atoms with Crippen molar-refractivity contribution in [2.75, 3.05) is 39.3 Å². The monoisotopic (exact) mass is 479 g/mol. The van der Waals surface area contributed by atoms with Gasteiger partial charge in [0.25, 0.3) is 11.1 Å². The number of hydrogen-bond donors (Lipinski definition) is 1. The zero-order chi connectivity index (χ0) is 23.1. The van der Waals surface area contributed by atoms with Gasteiger partial charge in [0.1, 0.15) is 0 Å². The number of esters is 1. The van der Waals surface area contributed by atoms with E-state index in [0.717, 1.165) is 16.7 Å². The van der Waals surface area contributed by atoms with E-state index in [1.165, 1.54) is 0 Å². The summed E-state index contributed by atoms with van der Waals surface area (Å²) in [7, 11) is 0. The number of benzene rings is 1. The summed E-state index contributed by atoms with van der Waals surface area (Å²) in [6.07, 6.45) is 2.94. The van der Waals surface area contributed by atoms with E-state index in [-0.39, 0.29) is 42.7 Å². The molecule has 1 N–H and O–H groups in total. The lowest BCUT2D eigenvalue weighted by atomic mass is 9.97. The number of thioether (sulfide) groups is 1. The Hall–Kier alpha value is -2.36. The molecule has 32 heavy (non-hydrogen) atoms. The Bertz CT molecular complexity index is 915. The van der Waals surface area contributed by atoms with Crippen LogP contribution in [0.5, 0.6) is 0 Å². The molecule has 1 aromatic rings. The molecule has 172 valence electrons. The van der Waals surface area contributed by atoms with E-state index in [9.17, 15) is 19.2 Å². The molecular formula is C22H26ClN3O5S. The summed E-state index contributed by atoms with van der Waals surface area (Å²) in [5.41, 5.74) is 0.666. The Morgan fingerprint density at radius 3 is 2.66 bits per heavy atom. The van der Waals surface area contributed by atoms with Gasteiger partial charge in [0.2, 0.25) is 5.91 Å². The molecule has 0 atom stereocenters. The van der Waals surface area contributed by atoms with Crippen LogP contribution in [-0.2, 0) is 19.1 Å². The number of halogens is 1. The topological polar surface area (TPSA) is 96.0 Å². The third-order valence-corrected chi connectivity index (χ3v) is 6.55. The van der Waals surface area contributed by atoms with Crippen molar-refractivity contribution >= 4 is 52.5 Å². The van der Waals surface area contributed by atoms with Gasteiger partial charge in [-0.2, -0.15) is 0 Å². The lowest BCUT2D eigenvalue weighted by Gasteiger charge is -2.30. The van der Waals surface area contributed by atoms with Gasteiger partial charge in [-0.15, -0.1) is 0 Å². The molecule has 0 bridgehead atoms. The Balaban J connectivity index is 1.42. The predicted octanol–water partition coefficient (Wildman–Crippen LogP) is 2.77. The predicted molar refractivity (Wildman–Crippen MR) is 123 cm³/mol. The third kappa shape index (κ3) is 6.34. The van der Waals surface area contributed by atoms with Crippen LogP contribution < -0.4 is 5.32 Å². The zero-order valence-electron chi connectivity index (χ0n) is 17.8. The van der Waals surface area contributed by atoms with E-state index < -0.39 is 5.91 Å². The molecule has 0 unspecified atom stereocenters. The van der Waals surface area contributed by atoms with Crippen molar-refractivity contribution < 1.29 is 23.9 Å². The highest BCUT2D eigenvalue weighted by Crippen LogP contribution is 2.33. The molecular weight excluding hydrogens is 454 g/mol. The van der Waals surface area contributed by atoms with E-state index in [0.29, 0.717) is 48.0 Å². The molecule has 0 radical (unpaired) electrons. The summed E-state index contributed by atoms with van der Waals surface area (Å²) in [6, 6.07) is 7.08. The summed E-state index contributed by atoms with van der Waals surface area (Å²) < 4.78 is 5.05. The lowest BCUT2D eigenvalue weighted by Crippen LogP contribution is -2.44. The number of nitrogens with zero attached hydrogens (tertiary/aromatic N) is 2. The van der Waals surface area contributed by atoms with Gasteiger partial charge in [-0.1, -0.05) is 29.8 Å². The summed E-state index contributed by atoms with van der Waals surface area (Å²) >= 11 is 6.98. The third-order valence-electron chi connectivity index (χ3n) is 5.30. The molecule has 10 heteroatoms. The van der Waals surface area contributed by atoms with Crippen molar-refractivity contribution in [2.24, 2.45) is 5.92 Å². The standard InChI is InChI=1S/C22H26ClN3O5S/c1-2-31-21(29)15-7-10-25(11-8-15)14-19(27)24-9-12-26-20(28)18(32-22(26)30)13-16-5-3-4-6-17(16)23/h3-6,13,15H,2,7-12,14H2,1H3,(H,24,27)/b18-13-. The second-order valence-corrected chi connectivity index (χ2v) is 8.91. The van der Waals surface area contributed by atoms with Crippen LogP contribution in [0.15, 0.2) is 29.2 Å². The average Bonchev–Trinajstić information content (AvgIpc) is 3.03. The maximum atomic E-state index is 12.6. The van der Waals surface area contributed by atoms with Crippen LogP contribution in [0, 0.1) is 5.92 Å². The molecule has 2 fully saturated rings. The SMILES string of the molecule is CCOC(=O)C1CCN(CC(=O)NCCN2C(=O)S/C(=C\c3ccccc3Cl)C2=O)CC1. The van der Waals surface area contributed by atoms with Crippen LogP contribution in [0.25, 0.3) is 6.08 Å². The van der Waals surface area contributed by atoms with Crippen LogP contribution in [-0.4, -0.2) is 72.2 Å². The molecule has 2 aliphatic rings. The van der Waals surface area contributed by atoms with Crippen molar-refractivity contribution in [3.8, 4) is 0 Å². The number of carbonyl (C=O) groups excluding carboxylic acids is 4. The van der Waals surface area contributed by atoms with Crippen LogP contribution in [0.4, 0.5) is 4.79 Å². The number of imide groups is 1. The summed E-state index contributed by atoms with van der Waals surface area (Å²) in [6.45, 7) is 3.94. The Labute approximate surface area is 196 Å². The van der Waals surface area contributed by atoms with Crippen LogP contribution >= 0.6 is 23.4 Å². The van der Waals surface area contributed by atoms with Crippen molar-refractivity contribution in [3.63, 3.8) is 0 Å². The first-order chi connectivity index (χ1) is 15.4. The summed E-state index contributed by atoms with van der Waals surface area (Å²) in [4.78, 5) is 52.3. The minimum atomic E-state index is -0.393. The Morgan fingerprint density at radius 1 is 1.25 bits per heavy atom. The van der Waals surface area contributed by atoms with E-state index in [1.807, 2.05) is 4.90 Å². The van der Waals surface area contributed by atoms with Gasteiger partial charge in [0.15, 0.2) is 0 Å². The van der Waals surface area contributed by atoms with Crippen LogP contribution in [0.1, 0.15) is 25.3 Å². The minimum Gasteiger partial charge on any atom is -0.466 e. The van der Waals surface area contributed by atoms with E-state index in [4.69, 9.17) is 16.3 Å². The molecule has 2 saturated heterocycles. The second kappa shape index (κ2) is 11.5. The highest BCUT2D eigenvalue weighted by atomic mass is 35.5. The maximum Gasteiger partial charge on any atom is 0.309 e. The highest BCUT2D eigenvalue weighted by molar-refractivity contribution is 8.18. The quantitative estimate of drug-likeness (QED) is 0.452. The average molecular weight is 480 g/mol. The lowest BCUT2D eigenvalue weighted by molar-refractivity contribution is -0.149. The van der Waals surface area contributed by atoms with E-state index in [1.54, 1.807) is 37.3 Å². The smallest absolute Gasteiger partial charge is 0.309 e. The van der Waals surface area contributed by atoms with Gasteiger partial charge >= 0.3 is 5.97 Å². The molecule has 3 amide bonds. The summed E-state index contributed by atoms with van der Waals surface area (Å²) in [5.74, 6) is -0.849. The van der Waals surface area contributed by atoms with Crippen LogP contribution in [0.3, 0.4) is 0 Å². The fourth-order valence-corrected chi connectivity index (χ4v) is 4.63. The molecule has 3 rings (SSSR count). The number of amides is 3. The van der Waals surface area contributed by atoms with Crippen molar-refractivity contribution in [1.29, 1.82) is 0 Å². The Kier molecular flexibility index (Phi) is 8.72. The van der Waals surface area contributed by atoms with Gasteiger partial charge in [-0.05, 0) is 62.3 Å². The molecule has 0 aromatic heterocycles. The fourth-order valence-electron chi connectivity index (χ4n) is 3.58. The summed E-state index contributed by atoms with van der Waals surface area (Å²) in [5, 5.41) is 2.88. The second-order valence-electron chi connectivity index (χ2n) is 7.51. The molecule has 1 aromatic carbocycles. The number of carbonyl (C=O) groups is 4. The maximum absolute atomic E-state index is 12.6. The molecule has 2 aliphatic heterocycles. The number of hydrogen-bond acceptors (Lipinski definition) is 7. The van der Waals surface area contributed by atoms with Gasteiger partial charge in [-0.3, -0.25) is 29.0 Å². The highest BCUT2D eigenvalue weighted by Gasteiger charge is 2.35. The number of ether oxygens (including phenoxy) is 1. The molecule has 0 spiro atoms. The first kappa shape index (κ1) is 24.3. The number of piperidine rings is 1. The minimum absolute atomic E-state index is 0.0984. The first-order valence-electron chi connectivity index (χ1n) is 10.5. The number of rotatable bonds is 8. The van der Waals surface area contributed by atoms with E-state index in [2.05, 4.69) is 5.32 Å².